The van der Waals surface area contributed by atoms with Gasteiger partial charge in [-0.3, -0.25) is 0 Å². The molecule has 0 aliphatic carbocycles. The number of halogens is 1. The van der Waals surface area contributed by atoms with Crippen LogP contribution >= 0.6 is 11.6 Å². The zero-order valence-corrected chi connectivity index (χ0v) is 10.0. The van der Waals surface area contributed by atoms with Crippen LogP contribution < -0.4 is 15.5 Å². The molecule has 0 aromatic heterocycles. The van der Waals surface area contributed by atoms with Crippen molar-refractivity contribution < 1.29 is 0 Å². The summed E-state index contributed by atoms with van der Waals surface area (Å²) in [6.45, 7) is 3.09. The maximum Gasteiger partial charge on any atom is 0.0661 e. The summed E-state index contributed by atoms with van der Waals surface area (Å²) in [7, 11) is 3.99. The van der Waals surface area contributed by atoms with E-state index < -0.39 is 0 Å². The summed E-state index contributed by atoms with van der Waals surface area (Å²) in [5.74, 6) is 0. The van der Waals surface area contributed by atoms with Gasteiger partial charge in [-0.2, -0.15) is 0 Å². The van der Waals surface area contributed by atoms with Gasteiger partial charge in [-0.15, -0.1) is 0 Å². The van der Waals surface area contributed by atoms with Gasteiger partial charge in [0, 0.05) is 26.7 Å². The number of hydrogen-bond donors (Lipinski definition) is 2. The quantitative estimate of drug-likeness (QED) is 0.770. The smallest absolute Gasteiger partial charge is 0.0661 e. The van der Waals surface area contributed by atoms with Crippen molar-refractivity contribution in [3.05, 3.63) is 17.2 Å². The molecule has 2 N–H and O–H groups in total. The van der Waals surface area contributed by atoms with E-state index in [2.05, 4.69) is 23.6 Å². The highest BCUT2D eigenvalue weighted by Gasteiger charge is 2.16. The van der Waals surface area contributed by atoms with E-state index in [1.165, 1.54) is 0 Å². The molecular formula is C11H16ClN3. The molecule has 1 heterocycles. The molecule has 1 aliphatic rings. The van der Waals surface area contributed by atoms with Crippen LogP contribution in [0.2, 0.25) is 5.02 Å². The highest BCUT2D eigenvalue weighted by atomic mass is 35.5. The van der Waals surface area contributed by atoms with Crippen molar-refractivity contribution in [2.24, 2.45) is 0 Å². The molecule has 1 aromatic rings. The third-order valence-corrected chi connectivity index (χ3v) is 2.87. The molecule has 0 spiro atoms. The number of fused-ring (bicyclic) bond motifs is 1. The summed E-state index contributed by atoms with van der Waals surface area (Å²) in [5, 5.41) is 7.57. The zero-order valence-electron chi connectivity index (χ0n) is 9.26. The van der Waals surface area contributed by atoms with Gasteiger partial charge >= 0.3 is 0 Å². The summed E-state index contributed by atoms with van der Waals surface area (Å²) in [6.07, 6.45) is 0. The van der Waals surface area contributed by atoms with Gasteiger partial charge in [0.1, 0.15) is 0 Å². The molecule has 2 rings (SSSR count). The van der Waals surface area contributed by atoms with Crippen LogP contribution in [0.1, 0.15) is 6.92 Å². The second kappa shape index (κ2) is 3.81. The Morgan fingerprint density at radius 1 is 1.33 bits per heavy atom. The van der Waals surface area contributed by atoms with Crippen LogP contribution in [0.3, 0.4) is 0 Å². The van der Waals surface area contributed by atoms with Gasteiger partial charge in [-0.1, -0.05) is 11.6 Å². The van der Waals surface area contributed by atoms with Crippen LogP contribution in [-0.2, 0) is 0 Å². The van der Waals surface area contributed by atoms with Crippen molar-refractivity contribution in [1.82, 2.24) is 0 Å². The van der Waals surface area contributed by atoms with Crippen molar-refractivity contribution in [2.75, 3.05) is 36.2 Å². The number of benzene rings is 1. The fourth-order valence-corrected chi connectivity index (χ4v) is 2.08. The highest BCUT2D eigenvalue weighted by Crippen LogP contribution is 2.36. The molecule has 4 heteroatoms. The summed E-state index contributed by atoms with van der Waals surface area (Å²) >= 11 is 6.19. The van der Waals surface area contributed by atoms with E-state index in [0.717, 1.165) is 28.6 Å². The molecule has 1 atom stereocenters. The predicted molar refractivity (Wildman–Crippen MR) is 67.4 cm³/mol. The number of hydrogen-bond acceptors (Lipinski definition) is 3. The van der Waals surface area contributed by atoms with E-state index in [9.17, 15) is 0 Å². The van der Waals surface area contributed by atoms with Crippen molar-refractivity contribution in [3.8, 4) is 0 Å². The van der Waals surface area contributed by atoms with Gasteiger partial charge in [-0.05, 0) is 19.1 Å². The van der Waals surface area contributed by atoms with Gasteiger partial charge in [0.15, 0.2) is 0 Å². The second-order valence-electron chi connectivity index (χ2n) is 4.17. The Morgan fingerprint density at radius 2 is 2.07 bits per heavy atom. The Kier molecular flexibility index (Phi) is 2.65. The lowest BCUT2D eigenvalue weighted by Gasteiger charge is -2.27. The number of nitrogens with one attached hydrogen (secondary N) is 2. The first kappa shape index (κ1) is 10.4. The molecule has 3 nitrogen and oxygen atoms in total. The van der Waals surface area contributed by atoms with Crippen LogP contribution in [0, 0.1) is 0 Å². The third kappa shape index (κ3) is 1.97. The molecule has 0 saturated heterocycles. The third-order valence-electron chi connectivity index (χ3n) is 2.57. The van der Waals surface area contributed by atoms with Crippen molar-refractivity contribution in [2.45, 2.75) is 13.0 Å². The Balaban J connectivity index is 2.42. The molecule has 0 radical (unpaired) electrons. The van der Waals surface area contributed by atoms with E-state index in [0.29, 0.717) is 6.04 Å². The molecule has 1 aliphatic heterocycles. The molecule has 82 valence electrons. The fraction of sp³-hybridized carbons (Fsp3) is 0.455. The van der Waals surface area contributed by atoms with Gasteiger partial charge < -0.3 is 15.5 Å². The minimum Gasteiger partial charge on any atom is -0.381 e. The van der Waals surface area contributed by atoms with Crippen molar-refractivity contribution in [3.63, 3.8) is 0 Å². The number of anilines is 3. The molecule has 15 heavy (non-hydrogen) atoms. The van der Waals surface area contributed by atoms with Crippen LogP contribution in [0.4, 0.5) is 17.1 Å². The zero-order chi connectivity index (χ0) is 11.0. The topological polar surface area (TPSA) is 27.3 Å². The largest absolute Gasteiger partial charge is 0.381 e. The lowest BCUT2D eigenvalue weighted by atomic mass is 10.1. The Morgan fingerprint density at radius 3 is 2.73 bits per heavy atom. The summed E-state index contributed by atoms with van der Waals surface area (Å²) in [6, 6.07) is 4.50. The van der Waals surface area contributed by atoms with Crippen LogP contribution in [0.25, 0.3) is 0 Å². The first-order valence-electron chi connectivity index (χ1n) is 5.09. The molecule has 0 bridgehead atoms. The lowest BCUT2D eigenvalue weighted by molar-refractivity contribution is 0.818. The molecule has 0 unspecified atom stereocenters. The van der Waals surface area contributed by atoms with Crippen molar-refractivity contribution >= 4 is 28.7 Å². The Bertz CT molecular complexity index is 376. The number of nitrogens with zero attached hydrogens (tertiary/aromatic N) is 1. The Hall–Kier alpha value is -1.09. The van der Waals surface area contributed by atoms with Gasteiger partial charge in [0.05, 0.1) is 22.1 Å². The average Bonchev–Trinajstić information content (AvgIpc) is 2.15. The molecule has 1 aromatic carbocycles. The second-order valence-corrected chi connectivity index (χ2v) is 4.58. The summed E-state index contributed by atoms with van der Waals surface area (Å²) in [4.78, 5) is 2.02. The van der Waals surface area contributed by atoms with E-state index >= 15 is 0 Å². The van der Waals surface area contributed by atoms with E-state index in [1.54, 1.807) is 0 Å². The molecule has 0 amide bonds. The predicted octanol–water partition coefficient (Wildman–Crippen LogP) is 2.63. The molecular weight excluding hydrogens is 210 g/mol. The van der Waals surface area contributed by atoms with Crippen LogP contribution in [0.5, 0.6) is 0 Å². The maximum atomic E-state index is 6.19. The monoisotopic (exact) mass is 225 g/mol. The highest BCUT2D eigenvalue weighted by molar-refractivity contribution is 6.33. The van der Waals surface area contributed by atoms with E-state index in [4.69, 9.17) is 11.6 Å². The minimum atomic E-state index is 0.443. The molecule has 0 saturated carbocycles. The normalized spacial score (nSPS) is 18.8. The van der Waals surface area contributed by atoms with Crippen LogP contribution in [0.15, 0.2) is 12.1 Å². The van der Waals surface area contributed by atoms with Crippen LogP contribution in [-0.4, -0.2) is 26.7 Å². The SMILES string of the molecule is C[C@H]1CNc2cc(N(C)C)c(Cl)cc2N1. The maximum absolute atomic E-state index is 6.19. The Labute approximate surface area is 95.4 Å². The average molecular weight is 226 g/mol. The van der Waals surface area contributed by atoms with E-state index in [-0.39, 0.29) is 0 Å². The summed E-state index contributed by atoms with van der Waals surface area (Å²) in [5.41, 5.74) is 3.25. The van der Waals surface area contributed by atoms with E-state index in [1.807, 2.05) is 25.1 Å². The summed E-state index contributed by atoms with van der Waals surface area (Å²) < 4.78 is 0. The minimum absolute atomic E-state index is 0.443. The first-order valence-corrected chi connectivity index (χ1v) is 5.47. The number of rotatable bonds is 1. The van der Waals surface area contributed by atoms with Gasteiger partial charge in [0.2, 0.25) is 0 Å². The first-order chi connectivity index (χ1) is 7.08. The molecule has 0 fully saturated rings. The lowest BCUT2D eigenvalue weighted by Crippen LogP contribution is -2.30. The van der Waals surface area contributed by atoms with Gasteiger partial charge in [-0.25, -0.2) is 0 Å². The van der Waals surface area contributed by atoms with Crippen molar-refractivity contribution in [1.29, 1.82) is 0 Å². The fourth-order valence-electron chi connectivity index (χ4n) is 1.75. The standard InChI is InChI=1S/C11H16ClN3/c1-7-6-13-9-5-11(15(2)3)8(12)4-10(9)14-7/h4-5,7,13-14H,6H2,1-3H3/t7-/m0/s1. The van der Waals surface area contributed by atoms with Gasteiger partial charge in [0.25, 0.3) is 0 Å².